The lowest BCUT2D eigenvalue weighted by Gasteiger charge is -2.45. The maximum Gasteiger partial charge on any atom is 0.307 e. The Morgan fingerprint density at radius 2 is 1.59 bits per heavy atom. The third-order valence-electron chi connectivity index (χ3n) is 6.40. The SMILES string of the molecule is COC1=CC2=C3C(C(OC(C)=O)=CC2=CC1OC)c1cc(OC)c(OC)cc1C(C)N3C. The van der Waals surface area contributed by atoms with Crippen LogP contribution in [0.1, 0.15) is 36.9 Å². The van der Waals surface area contributed by atoms with Crippen LogP contribution in [0.15, 0.2) is 58.7 Å². The molecule has 3 atom stereocenters. The second-order valence-corrected chi connectivity index (χ2v) is 8.02. The number of carbonyl (C=O) groups is 1. The Morgan fingerprint density at radius 3 is 2.16 bits per heavy atom. The third-order valence-corrected chi connectivity index (χ3v) is 6.40. The Kier molecular flexibility index (Phi) is 5.77. The number of ether oxygens (including phenoxy) is 5. The maximum atomic E-state index is 12.0. The fourth-order valence-electron chi connectivity index (χ4n) is 4.76. The second-order valence-electron chi connectivity index (χ2n) is 8.02. The Bertz CT molecular complexity index is 1080. The van der Waals surface area contributed by atoms with Gasteiger partial charge < -0.3 is 28.6 Å². The molecule has 1 aromatic carbocycles. The van der Waals surface area contributed by atoms with E-state index in [0.717, 1.165) is 33.7 Å². The average Bonchev–Trinajstić information content (AvgIpc) is 2.79. The lowest BCUT2D eigenvalue weighted by molar-refractivity contribution is -0.137. The molecule has 7 nitrogen and oxygen atoms in total. The molecule has 0 saturated carbocycles. The van der Waals surface area contributed by atoms with Crippen LogP contribution < -0.4 is 9.47 Å². The zero-order chi connectivity index (χ0) is 23.2. The van der Waals surface area contributed by atoms with E-state index in [2.05, 4.69) is 18.9 Å². The van der Waals surface area contributed by atoms with Crippen molar-refractivity contribution in [1.29, 1.82) is 0 Å². The highest BCUT2D eigenvalue weighted by molar-refractivity contribution is 5.71. The number of allylic oxidation sites excluding steroid dienone is 4. The Balaban J connectivity index is 2.00. The van der Waals surface area contributed by atoms with Crippen LogP contribution in [0.4, 0.5) is 0 Å². The van der Waals surface area contributed by atoms with Crippen molar-refractivity contribution in [2.45, 2.75) is 31.9 Å². The van der Waals surface area contributed by atoms with E-state index in [0.29, 0.717) is 17.3 Å². The molecule has 1 aromatic rings. The number of hydrogen-bond donors (Lipinski definition) is 0. The molecule has 0 spiro atoms. The summed E-state index contributed by atoms with van der Waals surface area (Å²) in [5.41, 5.74) is 5.09. The quantitative estimate of drug-likeness (QED) is 0.643. The molecular weight excluding hydrogens is 410 g/mol. The lowest BCUT2D eigenvalue weighted by atomic mass is 9.75. The first-order chi connectivity index (χ1) is 15.3. The van der Waals surface area contributed by atoms with Crippen molar-refractivity contribution in [2.24, 2.45) is 0 Å². The maximum absolute atomic E-state index is 12.0. The molecule has 0 N–H and O–H groups in total. The van der Waals surface area contributed by atoms with Gasteiger partial charge in [-0.1, -0.05) is 0 Å². The van der Waals surface area contributed by atoms with E-state index < -0.39 is 0 Å². The highest BCUT2D eigenvalue weighted by Gasteiger charge is 2.42. The van der Waals surface area contributed by atoms with Crippen LogP contribution >= 0.6 is 0 Å². The van der Waals surface area contributed by atoms with E-state index in [9.17, 15) is 4.79 Å². The molecule has 0 saturated heterocycles. The van der Waals surface area contributed by atoms with E-state index in [1.165, 1.54) is 6.92 Å². The molecule has 3 aliphatic rings. The number of hydrogen-bond acceptors (Lipinski definition) is 7. The molecule has 3 unspecified atom stereocenters. The highest BCUT2D eigenvalue weighted by Crippen LogP contribution is 2.53. The van der Waals surface area contributed by atoms with Crippen LogP contribution in [0.25, 0.3) is 0 Å². The predicted octanol–water partition coefficient (Wildman–Crippen LogP) is 3.99. The molecule has 7 heteroatoms. The molecule has 4 rings (SSSR count). The normalized spacial score (nSPS) is 23.8. The van der Waals surface area contributed by atoms with Crippen LogP contribution in [0.3, 0.4) is 0 Å². The van der Waals surface area contributed by atoms with E-state index in [4.69, 9.17) is 23.7 Å². The molecule has 0 fully saturated rings. The zero-order valence-corrected chi connectivity index (χ0v) is 19.5. The molecule has 1 heterocycles. The minimum atomic E-state index is -0.366. The van der Waals surface area contributed by atoms with Crippen molar-refractivity contribution in [1.82, 2.24) is 4.90 Å². The predicted molar refractivity (Wildman–Crippen MR) is 119 cm³/mol. The summed E-state index contributed by atoms with van der Waals surface area (Å²) in [6.07, 6.45) is 5.61. The fourth-order valence-corrected chi connectivity index (χ4v) is 4.76. The van der Waals surface area contributed by atoms with E-state index in [1.807, 2.05) is 30.4 Å². The van der Waals surface area contributed by atoms with Crippen LogP contribution in [-0.2, 0) is 19.0 Å². The topological polar surface area (TPSA) is 66.5 Å². The van der Waals surface area contributed by atoms with Gasteiger partial charge in [-0.25, -0.2) is 0 Å². The van der Waals surface area contributed by atoms with Crippen molar-refractivity contribution in [3.8, 4) is 11.5 Å². The number of esters is 1. The molecule has 0 radical (unpaired) electrons. The molecule has 32 heavy (non-hydrogen) atoms. The van der Waals surface area contributed by atoms with Crippen molar-refractivity contribution in [3.63, 3.8) is 0 Å². The Morgan fingerprint density at radius 1 is 0.938 bits per heavy atom. The van der Waals surface area contributed by atoms with Gasteiger partial charge in [0, 0.05) is 32.4 Å². The van der Waals surface area contributed by atoms with E-state index in [1.54, 1.807) is 28.4 Å². The lowest BCUT2D eigenvalue weighted by Crippen LogP contribution is -2.36. The van der Waals surface area contributed by atoms with Crippen LogP contribution in [0.5, 0.6) is 11.5 Å². The van der Waals surface area contributed by atoms with Crippen molar-refractivity contribution in [3.05, 3.63) is 69.8 Å². The van der Waals surface area contributed by atoms with Gasteiger partial charge in [-0.2, -0.15) is 0 Å². The molecule has 0 bridgehead atoms. The standard InChI is InChI=1S/C25H29NO6/c1-13-16-10-20(29-5)22(31-7)12-18(16)24-23(32-14(2)27)9-15-8-19(28-4)21(30-6)11-17(15)25(24)26(13)3/h8-13,19,24H,1-7H3. The van der Waals surface area contributed by atoms with Gasteiger partial charge in [0.15, 0.2) is 11.5 Å². The van der Waals surface area contributed by atoms with Gasteiger partial charge in [0.05, 0.1) is 33.3 Å². The van der Waals surface area contributed by atoms with E-state index >= 15 is 0 Å². The number of methoxy groups -OCH3 is 4. The number of carbonyl (C=O) groups excluding carboxylic acids is 1. The minimum absolute atomic E-state index is 0.0565. The minimum Gasteiger partial charge on any atom is -0.498 e. The van der Waals surface area contributed by atoms with Gasteiger partial charge in [-0.15, -0.1) is 0 Å². The largest absolute Gasteiger partial charge is 0.498 e. The number of fused-ring (bicyclic) bond motifs is 4. The molecule has 1 aliphatic heterocycles. The van der Waals surface area contributed by atoms with Crippen LogP contribution in [0, 0.1) is 0 Å². The van der Waals surface area contributed by atoms with Gasteiger partial charge in [0.2, 0.25) is 0 Å². The monoisotopic (exact) mass is 439 g/mol. The first kappa shape index (κ1) is 22.0. The first-order valence-corrected chi connectivity index (χ1v) is 10.5. The highest BCUT2D eigenvalue weighted by atomic mass is 16.5. The number of rotatable bonds is 5. The third kappa shape index (κ3) is 3.37. The zero-order valence-electron chi connectivity index (χ0n) is 19.5. The second kappa shape index (κ2) is 8.39. The molecule has 2 aliphatic carbocycles. The van der Waals surface area contributed by atoms with Crippen LogP contribution in [0.2, 0.25) is 0 Å². The van der Waals surface area contributed by atoms with Crippen molar-refractivity contribution < 1.29 is 28.5 Å². The van der Waals surface area contributed by atoms with Gasteiger partial charge in [0.25, 0.3) is 0 Å². The van der Waals surface area contributed by atoms with Crippen molar-refractivity contribution in [2.75, 3.05) is 35.5 Å². The molecule has 0 amide bonds. The first-order valence-electron chi connectivity index (χ1n) is 10.5. The summed E-state index contributed by atoms with van der Waals surface area (Å²) < 4.78 is 28.1. The summed E-state index contributed by atoms with van der Waals surface area (Å²) in [5, 5.41) is 0. The van der Waals surface area contributed by atoms with Crippen LogP contribution in [-0.4, -0.2) is 52.5 Å². The number of benzene rings is 1. The van der Waals surface area contributed by atoms with Gasteiger partial charge in [0.1, 0.15) is 17.6 Å². The number of nitrogens with zero attached hydrogens (tertiary/aromatic N) is 1. The summed E-state index contributed by atoms with van der Waals surface area (Å²) in [5.74, 6) is 1.94. The Hall–Kier alpha value is -3.19. The van der Waals surface area contributed by atoms with Crippen molar-refractivity contribution >= 4 is 5.97 Å². The summed E-state index contributed by atoms with van der Waals surface area (Å²) in [7, 11) is 8.58. The van der Waals surface area contributed by atoms with Gasteiger partial charge in [-0.3, -0.25) is 4.79 Å². The fraction of sp³-hybridized carbons (Fsp3) is 0.400. The summed E-state index contributed by atoms with van der Waals surface area (Å²) in [6.45, 7) is 3.56. The molecule has 0 aromatic heterocycles. The smallest absolute Gasteiger partial charge is 0.307 e. The summed E-state index contributed by atoms with van der Waals surface area (Å²) >= 11 is 0. The molecular formula is C25H29NO6. The van der Waals surface area contributed by atoms with Gasteiger partial charge in [-0.05, 0) is 54.0 Å². The number of likely N-dealkylation sites (N-methyl/N-ethyl adjacent to an activating group) is 1. The van der Waals surface area contributed by atoms with Gasteiger partial charge >= 0.3 is 5.97 Å². The average molecular weight is 440 g/mol. The summed E-state index contributed by atoms with van der Waals surface area (Å²) in [4.78, 5) is 14.3. The summed E-state index contributed by atoms with van der Waals surface area (Å²) in [6, 6.07) is 4.05. The Labute approximate surface area is 188 Å². The van der Waals surface area contributed by atoms with E-state index in [-0.39, 0.29) is 24.0 Å². The molecule has 170 valence electrons.